The summed E-state index contributed by atoms with van der Waals surface area (Å²) in [6.45, 7) is 5.05. The molecule has 1 aliphatic carbocycles. The Morgan fingerprint density at radius 2 is 1.81 bits per heavy atom. The minimum atomic E-state index is -0.0384. The molecule has 3 nitrogen and oxygen atoms in total. The highest BCUT2D eigenvalue weighted by Crippen LogP contribution is 2.26. The van der Waals surface area contributed by atoms with Crippen LogP contribution in [0.2, 0.25) is 0 Å². The summed E-state index contributed by atoms with van der Waals surface area (Å²) >= 11 is 0. The lowest BCUT2D eigenvalue weighted by Gasteiger charge is -2.29. The largest absolute Gasteiger partial charge is 0.393 e. The van der Waals surface area contributed by atoms with Crippen molar-refractivity contribution in [1.82, 2.24) is 4.90 Å². The highest BCUT2D eigenvalue weighted by atomic mass is 16.5. The number of nitrogens with zero attached hydrogens (tertiary/aromatic N) is 1. The first-order valence-corrected chi connectivity index (χ1v) is 6.84. The maximum atomic E-state index is 10.0. The van der Waals surface area contributed by atoms with E-state index < -0.39 is 0 Å². The first-order chi connectivity index (χ1) is 7.86. The minimum Gasteiger partial charge on any atom is -0.393 e. The van der Waals surface area contributed by atoms with E-state index in [9.17, 15) is 5.11 Å². The second-order valence-corrected chi connectivity index (χ2v) is 5.21. The van der Waals surface area contributed by atoms with E-state index in [-0.39, 0.29) is 6.10 Å². The van der Waals surface area contributed by atoms with Crippen LogP contribution < -0.4 is 0 Å². The van der Waals surface area contributed by atoms with Gasteiger partial charge in [-0.2, -0.15) is 0 Å². The summed E-state index contributed by atoms with van der Waals surface area (Å²) in [6, 6.07) is 0. The van der Waals surface area contributed by atoms with Crippen molar-refractivity contribution in [2.75, 3.05) is 32.8 Å². The molecule has 0 aromatic heterocycles. The summed E-state index contributed by atoms with van der Waals surface area (Å²) in [5.74, 6) is 0.547. The van der Waals surface area contributed by atoms with Crippen LogP contribution in [-0.4, -0.2) is 49.0 Å². The summed E-state index contributed by atoms with van der Waals surface area (Å²) in [4.78, 5) is 2.47. The average molecular weight is 227 g/mol. The van der Waals surface area contributed by atoms with E-state index in [1.165, 1.54) is 32.1 Å². The van der Waals surface area contributed by atoms with Gasteiger partial charge in [0.25, 0.3) is 0 Å². The molecule has 2 aliphatic rings. The van der Waals surface area contributed by atoms with Gasteiger partial charge in [-0.15, -0.1) is 0 Å². The first-order valence-electron chi connectivity index (χ1n) is 6.84. The highest BCUT2D eigenvalue weighted by Gasteiger charge is 2.22. The van der Waals surface area contributed by atoms with Gasteiger partial charge in [-0.25, -0.2) is 0 Å². The molecule has 1 heterocycles. The van der Waals surface area contributed by atoms with Crippen molar-refractivity contribution < 1.29 is 9.84 Å². The number of morpholine rings is 1. The summed E-state index contributed by atoms with van der Waals surface area (Å²) in [5, 5.41) is 10.0. The van der Waals surface area contributed by atoms with Gasteiger partial charge < -0.3 is 9.84 Å². The Hall–Kier alpha value is -0.120. The van der Waals surface area contributed by atoms with Gasteiger partial charge in [-0.05, 0) is 31.7 Å². The molecule has 2 unspecified atom stereocenters. The van der Waals surface area contributed by atoms with Crippen LogP contribution in [0.1, 0.15) is 38.5 Å². The monoisotopic (exact) mass is 227 g/mol. The summed E-state index contributed by atoms with van der Waals surface area (Å²) in [7, 11) is 0. The van der Waals surface area contributed by atoms with Gasteiger partial charge in [0.1, 0.15) is 0 Å². The predicted octanol–water partition coefficient (Wildman–Crippen LogP) is 1.65. The lowest BCUT2D eigenvalue weighted by Crippen LogP contribution is -2.38. The molecule has 1 aliphatic heterocycles. The van der Waals surface area contributed by atoms with Crippen LogP contribution in [0.4, 0.5) is 0 Å². The number of hydrogen-bond acceptors (Lipinski definition) is 3. The summed E-state index contributed by atoms with van der Waals surface area (Å²) in [5.41, 5.74) is 0. The zero-order valence-electron chi connectivity index (χ0n) is 10.2. The Bertz CT molecular complexity index is 192. The Labute approximate surface area is 98.8 Å². The Kier molecular flexibility index (Phi) is 5.07. The fraction of sp³-hybridized carbons (Fsp3) is 1.00. The second-order valence-electron chi connectivity index (χ2n) is 5.21. The molecular weight excluding hydrogens is 202 g/mol. The van der Waals surface area contributed by atoms with E-state index in [0.717, 1.165) is 39.3 Å². The normalized spacial score (nSPS) is 33.6. The maximum absolute atomic E-state index is 10.0. The Morgan fingerprint density at radius 1 is 1.06 bits per heavy atom. The molecule has 0 spiro atoms. The topological polar surface area (TPSA) is 32.7 Å². The van der Waals surface area contributed by atoms with Gasteiger partial charge in [0.05, 0.1) is 19.3 Å². The Morgan fingerprint density at radius 3 is 2.62 bits per heavy atom. The zero-order valence-corrected chi connectivity index (χ0v) is 10.2. The van der Waals surface area contributed by atoms with Gasteiger partial charge in [-0.3, -0.25) is 4.90 Å². The molecule has 3 heteroatoms. The van der Waals surface area contributed by atoms with Gasteiger partial charge in [-0.1, -0.05) is 19.3 Å². The minimum absolute atomic E-state index is 0.0384. The molecule has 1 N–H and O–H groups in total. The standard InChI is InChI=1S/C13H25NO2/c15-13-5-3-1-2-4-12(13)6-7-14-8-10-16-11-9-14/h12-13,15H,1-11H2. The van der Waals surface area contributed by atoms with Crippen molar-refractivity contribution >= 4 is 0 Å². The van der Waals surface area contributed by atoms with E-state index in [0.29, 0.717) is 5.92 Å². The van der Waals surface area contributed by atoms with Crippen LogP contribution in [0.3, 0.4) is 0 Å². The number of aliphatic hydroxyl groups is 1. The SMILES string of the molecule is OC1CCCCCC1CCN1CCOCC1. The molecule has 0 radical (unpaired) electrons. The second kappa shape index (κ2) is 6.58. The van der Waals surface area contributed by atoms with Gasteiger partial charge >= 0.3 is 0 Å². The fourth-order valence-corrected chi connectivity index (χ4v) is 2.87. The van der Waals surface area contributed by atoms with Crippen molar-refractivity contribution in [3.05, 3.63) is 0 Å². The van der Waals surface area contributed by atoms with E-state index in [1.54, 1.807) is 0 Å². The van der Waals surface area contributed by atoms with Crippen LogP contribution in [0, 0.1) is 5.92 Å². The number of ether oxygens (including phenoxy) is 1. The molecule has 1 saturated carbocycles. The molecule has 0 bridgehead atoms. The molecule has 0 aromatic rings. The van der Waals surface area contributed by atoms with Crippen LogP contribution in [0.25, 0.3) is 0 Å². The molecule has 1 saturated heterocycles. The molecule has 2 rings (SSSR count). The molecule has 16 heavy (non-hydrogen) atoms. The van der Waals surface area contributed by atoms with Gasteiger partial charge in [0.2, 0.25) is 0 Å². The van der Waals surface area contributed by atoms with Crippen LogP contribution in [0.5, 0.6) is 0 Å². The number of hydrogen-bond donors (Lipinski definition) is 1. The van der Waals surface area contributed by atoms with E-state index in [2.05, 4.69) is 4.90 Å². The van der Waals surface area contributed by atoms with Crippen LogP contribution >= 0.6 is 0 Å². The van der Waals surface area contributed by atoms with E-state index in [1.807, 2.05) is 0 Å². The quantitative estimate of drug-likeness (QED) is 0.744. The van der Waals surface area contributed by atoms with Crippen molar-refractivity contribution in [3.63, 3.8) is 0 Å². The molecule has 2 atom stereocenters. The van der Waals surface area contributed by atoms with Gasteiger partial charge in [0.15, 0.2) is 0 Å². The van der Waals surface area contributed by atoms with E-state index in [4.69, 9.17) is 4.74 Å². The van der Waals surface area contributed by atoms with Crippen molar-refractivity contribution in [3.8, 4) is 0 Å². The van der Waals surface area contributed by atoms with Crippen molar-refractivity contribution in [2.24, 2.45) is 5.92 Å². The van der Waals surface area contributed by atoms with E-state index >= 15 is 0 Å². The third kappa shape index (κ3) is 3.72. The first kappa shape index (κ1) is 12.3. The number of aliphatic hydroxyl groups excluding tert-OH is 1. The smallest absolute Gasteiger partial charge is 0.0594 e. The molecule has 94 valence electrons. The fourth-order valence-electron chi connectivity index (χ4n) is 2.87. The molecule has 0 aromatic carbocycles. The van der Waals surface area contributed by atoms with Crippen molar-refractivity contribution in [1.29, 1.82) is 0 Å². The Balaban J connectivity index is 1.70. The molecule has 2 fully saturated rings. The maximum Gasteiger partial charge on any atom is 0.0594 e. The van der Waals surface area contributed by atoms with Crippen LogP contribution in [-0.2, 0) is 4.74 Å². The molecular formula is C13H25NO2. The lowest BCUT2D eigenvalue weighted by molar-refractivity contribution is 0.0281. The highest BCUT2D eigenvalue weighted by molar-refractivity contribution is 4.75. The summed E-state index contributed by atoms with van der Waals surface area (Å²) < 4.78 is 5.34. The third-order valence-electron chi connectivity index (χ3n) is 4.04. The number of rotatable bonds is 3. The van der Waals surface area contributed by atoms with Crippen molar-refractivity contribution in [2.45, 2.75) is 44.6 Å². The van der Waals surface area contributed by atoms with Crippen LogP contribution in [0.15, 0.2) is 0 Å². The van der Waals surface area contributed by atoms with Gasteiger partial charge in [0, 0.05) is 13.1 Å². The summed E-state index contributed by atoms with van der Waals surface area (Å²) in [6.07, 6.45) is 7.22. The third-order valence-corrected chi connectivity index (χ3v) is 4.04. The average Bonchev–Trinajstić information content (AvgIpc) is 2.53. The molecule has 0 amide bonds. The zero-order chi connectivity index (χ0) is 11.2. The predicted molar refractivity (Wildman–Crippen MR) is 64.5 cm³/mol. The lowest BCUT2D eigenvalue weighted by atomic mass is 9.93.